The molecule has 3 nitrogen and oxygen atoms in total. The summed E-state index contributed by atoms with van der Waals surface area (Å²) in [5.74, 6) is 0. The van der Waals surface area contributed by atoms with Crippen molar-refractivity contribution in [3.8, 4) is 0 Å². The number of hydrogen-bond donors (Lipinski definition) is 1. The number of anilines is 1. The number of rotatable bonds is 3. The number of hydrogen-bond acceptors (Lipinski definition) is 3. The van der Waals surface area contributed by atoms with Gasteiger partial charge in [0.2, 0.25) is 0 Å². The van der Waals surface area contributed by atoms with E-state index in [1.807, 2.05) is 36.4 Å². The molecule has 2 aromatic rings. The fraction of sp³-hybridized carbons (Fsp3) is 0. The first-order valence-corrected chi connectivity index (χ1v) is 5.17. The number of nitrogens with zero attached hydrogens (tertiary/aromatic N) is 2. The molecule has 0 saturated carbocycles. The number of benzene rings is 1. The Hall–Kier alpha value is -1.87. The van der Waals surface area contributed by atoms with Crippen molar-refractivity contribution >= 4 is 23.5 Å². The summed E-state index contributed by atoms with van der Waals surface area (Å²) in [5.41, 5.74) is 4.74. The van der Waals surface area contributed by atoms with Gasteiger partial charge in [-0.2, -0.15) is 5.10 Å². The molecule has 0 aliphatic rings. The lowest BCUT2D eigenvalue weighted by Crippen LogP contribution is -1.90. The van der Waals surface area contributed by atoms with Crippen LogP contribution in [0.5, 0.6) is 0 Å². The molecule has 0 unspecified atom stereocenters. The second-order valence-corrected chi connectivity index (χ2v) is 3.60. The normalized spacial score (nSPS) is 10.6. The molecule has 0 bridgehead atoms. The number of hydrazone groups is 1. The lowest BCUT2D eigenvalue weighted by molar-refractivity contribution is 1.30. The summed E-state index contributed by atoms with van der Waals surface area (Å²) < 4.78 is 0. The van der Waals surface area contributed by atoms with Crippen molar-refractivity contribution in [3.63, 3.8) is 0 Å². The summed E-state index contributed by atoms with van der Waals surface area (Å²) in [6.45, 7) is 0. The average molecular weight is 232 g/mol. The average Bonchev–Trinajstić information content (AvgIpc) is 2.33. The van der Waals surface area contributed by atoms with Crippen molar-refractivity contribution in [2.75, 3.05) is 5.43 Å². The smallest absolute Gasteiger partial charge is 0.0562 e. The summed E-state index contributed by atoms with van der Waals surface area (Å²) in [6.07, 6.45) is 5.18. The molecular weight excluding hydrogens is 222 g/mol. The van der Waals surface area contributed by atoms with Gasteiger partial charge in [-0.3, -0.25) is 10.4 Å². The molecule has 4 heteroatoms. The Morgan fingerprint density at radius 1 is 1.19 bits per heavy atom. The molecule has 80 valence electrons. The van der Waals surface area contributed by atoms with E-state index in [2.05, 4.69) is 15.5 Å². The second kappa shape index (κ2) is 5.28. The third-order valence-electron chi connectivity index (χ3n) is 1.94. The fourth-order valence-corrected chi connectivity index (χ4v) is 1.28. The van der Waals surface area contributed by atoms with E-state index in [9.17, 15) is 0 Å². The Balaban J connectivity index is 1.97. The van der Waals surface area contributed by atoms with Gasteiger partial charge in [-0.25, -0.2) is 0 Å². The second-order valence-electron chi connectivity index (χ2n) is 3.16. The minimum Gasteiger partial charge on any atom is -0.279 e. The summed E-state index contributed by atoms with van der Waals surface area (Å²) >= 11 is 5.77. The third kappa shape index (κ3) is 3.07. The van der Waals surface area contributed by atoms with Gasteiger partial charge in [0.25, 0.3) is 0 Å². The molecule has 2 rings (SSSR count). The zero-order valence-electron chi connectivity index (χ0n) is 8.47. The van der Waals surface area contributed by atoms with Crippen LogP contribution < -0.4 is 5.43 Å². The van der Waals surface area contributed by atoms with Crippen LogP contribution in [0, 0.1) is 0 Å². The van der Waals surface area contributed by atoms with E-state index in [1.54, 1.807) is 18.6 Å². The molecule has 0 radical (unpaired) electrons. The van der Waals surface area contributed by atoms with Gasteiger partial charge in [0, 0.05) is 23.0 Å². The minimum atomic E-state index is 0.710. The SMILES string of the molecule is Clc1ccc(NN=Cc2cccnc2)cc1. The number of aromatic nitrogens is 1. The van der Waals surface area contributed by atoms with Crippen LogP contribution in [0.1, 0.15) is 5.56 Å². The van der Waals surface area contributed by atoms with Gasteiger partial charge in [-0.05, 0) is 30.3 Å². The van der Waals surface area contributed by atoms with Crippen LogP contribution >= 0.6 is 11.6 Å². The van der Waals surface area contributed by atoms with E-state index in [0.717, 1.165) is 11.3 Å². The molecule has 1 heterocycles. The molecule has 0 aliphatic carbocycles. The predicted molar refractivity (Wildman–Crippen MR) is 66.9 cm³/mol. The van der Waals surface area contributed by atoms with Gasteiger partial charge >= 0.3 is 0 Å². The molecule has 1 aromatic heterocycles. The highest BCUT2D eigenvalue weighted by Gasteiger charge is 1.89. The highest BCUT2D eigenvalue weighted by Crippen LogP contribution is 2.12. The van der Waals surface area contributed by atoms with Crippen LogP contribution in [0.3, 0.4) is 0 Å². The summed E-state index contributed by atoms with van der Waals surface area (Å²) in [4.78, 5) is 3.99. The molecule has 0 atom stereocenters. The van der Waals surface area contributed by atoms with Crippen molar-refractivity contribution in [1.29, 1.82) is 0 Å². The van der Waals surface area contributed by atoms with Gasteiger partial charge < -0.3 is 0 Å². The van der Waals surface area contributed by atoms with Gasteiger partial charge in [-0.15, -0.1) is 0 Å². The number of pyridine rings is 1. The first kappa shape index (κ1) is 10.6. The first-order valence-electron chi connectivity index (χ1n) is 4.79. The maximum atomic E-state index is 5.77. The zero-order chi connectivity index (χ0) is 11.2. The lowest BCUT2D eigenvalue weighted by Gasteiger charge is -1.99. The molecule has 0 spiro atoms. The molecular formula is C12H10ClN3. The summed E-state index contributed by atoms with van der Waals surface area (Å²) in [7, 11) is 0. The first-order chi connectivity index (χ1) is 7.84. The Labute approximate surface area is 98.8 Å². The Bertz CT molecular complexity index is 465. The van der Waals surface area contributed by atoms with Crippen LogP contribution in [0.15, 0.2) is 53.9 Å². The lowest BCUT2D eigenvalue weighted by atomic mass is 10.3. The van der Waals surface area contributed by atoms with E-state index in [4.69, 9.17) is 11.6 Å². The van der Waals surface area contributed by atoms with Gasteiger partial charge in [0.05, 0.1) is 11.9 Å². The topological polar surface area (TPSA) is 37.3 Å². The highest BCUT2D eigenvalue weighted by atomic mass is 35.5. The van der Waals surface area contributed by atoms with Gasteiger partial charge in [0.1, 0.15) is 0 Å². The van der Waals surface area contributed by atoms with E-state index in [0.29, 0.717) is 5.02 Å². The van der Waals surface area contributed by atoms with Crippen molar-refractivity contribution in [1.82, 2.24) is 4.98 Å². The van der Waals surface area contributed by atoms with Crippen molar-refractivity contribution in [2.24, 2.45) is 5.10 Å². The Morgan fingerprint density at radius 2 is 2.00 bits per heavy atom. The third-order valence-corrected chi connectivity index (χ3v) is 2.19. The Morgan fingerprint density at radius 3 is 2.69 bits per heavy atom. The van der Waals surface area contributed by atoms with Crippen LogP contribution in [-0.4, -0.2) is 11.2 Å². The van der Waals surface area contributed by atoms with E-state index in [-0.39, 0.29) is 0 Å². The zero-order valence-corrected chi connectivity index (χ0v) is 9.22. The van der Waals surface area contributed by atoms with E-state index >= 15 is 0 Å². The van der Waals surface area contributed by atoms with Crippen molar-refractivity contribution < 1.29 is 0 Å². The van der Waals surface area contributed by atoms with Crippen molar-refractivity contribution in [2.45, 2.75) is 0 Å². The van der Waals surface area contributed by atoms with E-state index in [1.165, 1.54) is 0 Å². The monoisotopic (exact) mass is 231 g/mol. The van der Waals surface area contributed by atoms with Crippen LogP contribution in [0.4, 0.5) is 5.69 Å². The maximum Gasteiger partial charge on any atom is 0.0562 e. The number of halogens is 1. The standard InChI is InChI=1S/C12H10ClN3/c13-11-3-5-12(6-4-11)16-15-9-10-2-1-7-14-8-10/h1-9,16H. The Kier molecular flexibility index (Phi) is 3.51. The molecule has 0 amide bonds. The van der Waals surface area contributed by atoms with Crippen LogP contribution in [-0.2, 0) is 0 Å². The van der Waals surface area contributed by atoms with Crippen molar-refractivity contribution in [3.05, 3.63) is 59.4 Å². The minimum absolute atomic E-state index is 0.710. The molecule has 16 heavy (non-hydrogen) atoms. The quantitative estimate of drug-likeness (QED) is 0.651. The predicted octanol–water partition coefficient (Wildman–Crippen LogP) is 3.18. The fourth-order valence-electron chi connectivity index (χ4n) is 1.16. The molecule has 1 N–H and O–H groups in total. The molecule has 0 fully saturated rings. The number of nitrogens with one attached hydrogen (secondary N) is 1. The molecule has 0 saturated heterocycles. The largest absolute Gasteiger partial charge is 0.279 e. The summed E-state index contributed by atoms with van der Waals surface area (Å²) in [5, 5.41) is 4.79. The molecule has 0 aliphatic heterocycles. The van der Waals surface area contributed by atoms with Gasteiger partial charge in [0.15, 0.2) is 0 Å². The van der Waals surface area contributed by atoms with Crippen LogP contribution in [0.25, 0.3) is 0 Å². The van der Waals surface area contributed by atoms with Crippen LogP contribution in [0.2, 0.25) is 5.02 Å². The highest BCUT2D eigenvalue weighted by molar-refractivity contribution is 6.30. The molecule has 1 aromatic carbocycles. The summed E-state index contributed by atoms with van der Waals surface area (Å²) in [6, 6.07) is 11.1. The maximum absolute atomic E-state index is 5.77. The van der Waals surface area contributed by atoms with Gasteiger partial charge in [-0.1, -0.05) is 17.7 Å². The van der Waals surface area contributed by atoms with E-state index < -0.39 is 0 Å².